The second kappa shape index (κ2) is 6.94. The van der Waals surface area contributed by atoms with Crippen LogP contribution in [0.1, 0.15) is 11.3 Å². The number of hydrogen-bond acceptors (Lipinski definition) is 2. The van der Waals surface area contributed by atoms with Gasteiger partial charge in [0.05, 0.1) is 12.2 Å². The molecule has 0 aliphatic carbocycles. The molecule has 0 aliphatic heterocycles. The number of benzene rings is 1. The van der Waals surface area contributed by atoms with Gasteiger partial charge in [-0.25, -0.2) is 9.67 Å². The normalized spacial score (nSPS) is 11.3. The highest BCUT2D eigenvalue weighted by atomic mass is 19.4. The van der Waals surface area contributed by atoms with E-state index in [-0.39, 0.29) is 0 Å². The number of alkyl halides is 3. The summed E-state index contributed by atoms with van der Waals surface area (Å²) in [5.74, 6) is 0.834. The van der Waals surface area contributed by atoms with E-state index in [1.807, 2.05) is 50.1 Å². The first-order valence-corrected chi connectivity index (χ1v) is 7.30. The Bertz CT molecular complexity index is 689. The number of aliphatic imine (C=N–C) groups is 1. The van der Waals surface area contributed by atoms with Gasteiger partial charge >= 0.3 is 6.18 Å². The molecule has 0 unspecified atom stereocenters. The van der Waals surface area contributed by atoms with Crippen molar-refractivity contribution in [3.05, 3.63) is 47.8 Å². The van der Waals surface area contributed by atoms with Crippen molar-refractivity contribution >= 4 is 5.96 Å². The van der Waals surface area contributed by atoms with Crippen LogP contribution in [-0.4, -0.2) is 53.7 Å². The Morgan fingerprint density at radius 2 is 1.62 bits per heavy atom. The van der Waals surface area contributed by atoms with E-state index >= 15 is 0 Å². The van der Waals surface area contributed by atoms with E-state index in [1.165, 1.54) is 10.9 Å². The van der Waals surface area contributed by atoms with Gasteiger partial charge in [0.2, 0.25) is 0 Å². The molecule has 0 aliphatic rings. The first-order chi connectivity index (χ1) is 11.2. The van der Waals surface area contributed by atoms with Gasteiger partial charge in [-0.3, -0.25) is 0 Å². The van der Waals surface area contributed by atoms with Crippen LogP contribution < -0.4 is 0 Å². The van der Waals surface area contributed by atoms with Crippen LogP contribution in [-0.2, 0) is 12.7 Å². The SMILES string of the molecule is CN(C)C(=NCc1ccc(-n2ccc(C(F)(F)F)n2)cc1)N(C)C. The predicted octanol–water partition coefficient (Wildman–Crippen LogP) is 2.87. The summed E-state index contributed by atoms with van der Waals surface area (Å²) in [4.78, 5) is 8.36. The fraction of sp³-hybridized carbons (Fsp3) is 0.375. The minimum absolute atomic E-state index is 0.485. The van der Waals surface area contributed by atoms with Gasteiger partial charge in [-0.05, 0) is 23.8 Å². The summed E-state index contributed by atoms with van der Waals surface area (Å²) in [6.07, 6.45) is -3.14. The summed E-state index contributed by atoms with van der Waals surface area (Å²) in [6.45, 7) is 0.485. The molecule has 1 heterocycles. The quantitative estimate of drug-likeness (QED) is 0.637. The maximum absolute atomic E-state index is 12.6. The van der Waals surface area contributed by atoms with Gasteiger partial charge in [0, 0.05) is 34.4 Å². The van der Waals surface area contributed by atoms with Crippen LogP contribution in [0.25, 0.3) is 5.69 Å². The molecule has 2 aromatic rings. The smallest absolute Gasteiger partial charge is 0.349 e. The molecule has 0 radical (unpaired) electrons. The molecule has 0 saturated carbocycles. The van der Waals surface area contributed by atoms with Gasteiger partial charge in [-0.1, -0.05) is 12.1 Å². The van der Waals surface area contributed by atoms with E-state index in [9.17, 15) is 13.2 Å². The number of rotatable bonds is 3. The molecule has 8 heteroatoms. The molecule has 5 nitrogen and oxygen atoms in total. The topological polar surface area (TPSA) is 36.7 Å². The summed E-state index contributed by atoms with van der Waals surface area (Å²) in [5.41, 5.74) is 0.625. The zero-order chi connectivity index (χ0) is 17.9. The molecule has 0 amide bonds. The average Bonchev–Trinajstić information content (AvgIpc) is 2.97. The summed E-state index contributed by atoms with van der Waals surface area (Å²) in [7, 11) is 7.66. The number of nitrogens with zero attached hydrogens (tertiary/aromatic N) is 5. The van der Waals surface area contributed by atoms with Crippen LogP contribution in [0.3, 0.4) is 0 Å². The molecule has 2 rings (SSSR count). The molecule has 0 bridgehead atoms. The van der Waals surface area contributed by atoms with E-state index in [4.69, 9.17) is 0 Å². The lowest BCUT2D eigenvalue weighted by molar-refractivity contribution is -0.141. The van der Waals surface area contributed by atoms with Crippen LogP contribution in [0.4, 0.5) is 13.2 Å². The monoisotopic (exact) mass is 339 g/mol. The Balaban J connectivity index is 2.13. The largest absolute Gasteiger partial charge is 0.435 e. The van der Waals surface area contributed by atoms with Gasteiger partial charge < -0.3 is 9.80 Å². The molecule has 1 aromatic carbocycles. The molecule has 0 fully saturated rings. The summed E-state index contributed by atoms with van der Waals surface area (Å²) in [6, 6.07) is 8.07. The number of guanidine groups is 1. The number of aromatic nitrogens is 2. The van der Waals surface area contributed by atoms with Gasteiger partial charge in [0.1, 0.15) is 0 Å². The molecule has 1 aromatic heterocycles. The third-order valence-corrected chi connectivity index (χ3v) is 3.28. The maximum atomic E-state index is 12.6. The van der Waals surface area contributed by atoms with Crippen molar-refractivity contribution in [1.82, 2.24) is 19.6 Å². The lowest BCUT2D eigenvalue weighted by Crippen LogP contribution is -2.35. The highest BCUT2D eigenvalue weighted by Gasteiger charge is 2.33. The van der Waals surface area contributed by atoms with Crippen LogP contribution in [0.2, 0.25) is 0 Å². The van der Waals surface area contributed by atoms with Crippen LogP contribution in [0.15, 0.2) is 41.5 Å². The predicted molar refractivity (Wildman–Crippen MR) is 87.1 cm³/mol. The molecule has 24 heavy (non-hydrogen) atoms. The van der Waals surface area contributed by atoms with E-state index < -0.39 is 11.9 Å². The average molecular weight is 339 g/mol. The van der Waals surface area contributed by atoms with Crippen LogP contribution >= 0.6 is 0 Å². The Hall–Kier alpha value is -2.51. The van der Waals surface area contributed by atoms with E-state index in [0.717, 1.165) is 17.6 Å². The minimum atomic E-state index is -4.44. The second-order valence-electron chi connectivity index (χ2n) is 5.71. The van der Waals surface area contributed by atoms with Gasteiger partial charge in [-0.15, -0.1) is 0 Å². The van der Waals surface area contributed by atoms with Crippen molar-refractivity contribution < 1.29 is 13.2 Å². The first-order valence-electron chi connectivity index (χ1n) is 7.30. The summed E-state index contributed by atoms with van der Waals surface area (Å²) >= 11 is 0. The van der Waals surface area contributed by atoms with Gasteiger partial charge in [-0.2, -0.15) is 18.3 Å². The third kappa shape index (κ3) is 4.27. The van der Waals surface area contributed by atoms with Crippen molar-refractivity contribution in [3.63, 3.8) is 0 Å². The van der Waals surface area contributed by atoms with Crippen molar-refractivity contribution in [2.75, 3.05) is 28.2 Å². The van der Waals surface area contributed by atoms with Gasteiger partial charge in [0.15, 0.2) is 11.7 Å². The molecule has 0 saturated heterocycles. The van der Waals surface area contributed by atoms with Crippen molar-refractivity contribution in [2.45, 2.75) is 12.7 Å². The van der Waals surface area contributed by atoms with Crippen molar-refractivity contribution in [2.24, 2.45) is 4.99 Å². The second-order valence-corrected chi connectivity index (χ2v) is 5.71. The maximum Gasteiger partial charge on any atom is 0.435 e. The lowest BCUT2D eigenvalue weighted by Gasteiger charge is -2.22. The Morgan fingerprint density at radius 1 is 1.04 bits per heavy atom. The summed E-state index contributed by atoms with van der Waals surface area (Å²) in [5, 5.41) is 3.55. The van der Waals surface area contributed by atoms with Crippen molar-refractivity contribution in [1.29, 1.82) is 0 Å². The standard InChI is InChI=1S/C16H20F3N5/c1-22(2)15(23(3)4)20-11-12-5-7-13(8-6-12)24-10-9-14(21-24)16(17,18)19/h5-10H,11H2,1-4H3. The Kier molecular flexibility index (Phi) is 5.16. The van der Waals surface area contributed by atoms with Crippen molar-refractivity contribution in [3.8, 4) is 5.69 Å². The minimum Gasteiger partial charge on any atom is -0.349 e. The van der Waals surface area contributed by atoms with Gasteiger partial charge in [0.25, 0.3) is 0 Å². The number of hydrogen-bond donors (Lipinski definition) is 0. The number of halogens is 3. The van der Waals surface area contributed by atoms with Crippen LogP contribution in [0, 0.1) is 0 Å². The molecular formula is C16H20F3N5. The molecular weight excluding hydrogens is 319 g/mol. The highest BCUT2D eigenvalue weighted by molar-refractivity contribution is 5.79. The Labute approximate surface area is 139 Å². The van der Waals surface area contributed by atoms with Crippen LogP contribution in [0.5, 0.6) is 0 Å². The molecule has 0 spiro atoms. The van der Waals surface area contributed by atoms with E-state index in [1.54, 1.807) is 12.1 Å². The summed E-state index contributed by atoms with van der Waals surface area (Å²) < 4.78 is 39.0. The fourth-order valence-corrected chi connectivity index (χ4v) is 2.22. The molecule has 0 N–H and O–H groups in total. The zero-order valence-corrected chi connectivity index (χ0v) is 14.0. The third-order valence-electron chi connectivity index (χ3n) is 3.28. The fourth-order valence-electron chi connectivity index (χ4n) is 2.22. The Morgan fingerprint density at radius 3 is 2.08 bits per heavy atom. The molecule has 0 atom stereocenters. The first kappa shape index (κ1) is 17.8. The molecule has 130 valence electrons. The van der Waals surface area contributed by atoms with E-state index in [0.29, 0.717) is 12.2 Å². The highest BCUT2D eigenvalue weighted by Crippen LogP contribution is 2.27. The zero-order valence-electron chi connectivity index (χ0n) is 14.0. The lowest BCUT2D eigenvalue weighted by atomic mass is 10.2. The van der Waals surface area contributed by atoms with E-state index in [2.05, 4.69) is 10.1 Å².